The summed E-state index contributed by atoms with van der Waals surface area (Å²) in [5.74, 6) is -2.74. The number of carboxylic acids is 1. The molecule has 2 fully saturated rings. The Morgan fingerprint density at radius 1 is 0.569 bits per heavy atom. The predicted molar refractivity (Wildman–Crippen MR) is 233 cm³/mol. The Kier molecular flexibility index (Phi) is 18.5. The zero-order chi connectivity index (χ0) is 47.7. The molecule has 2 N–H and O–H groups in total. The average Bonchev–Trinajstić information content (AvgIpc) is 3.92. The number of carbonyl (C=O) groups excluding carboxylic acids is 5. The maximum atomic E-state index is 13.2. The van der Waals surface area contributed by atoms with Gasteiger partial charge in [0.15, 0.2) is 0 Å². The number of carboxylic acid groups (broad SMARTS) is 1. The number of hydrazine groups is 2. The summed E-state index contributed by atoms with van der Waals surface area (Å²) in [6.07, 6.45) is -2.31. The Hall–Kier alpha value is -6.88. The van der Waals surface area contributed by atoms with Crippen molar-refractivity contribution in [2.45, 2.75) is 79.8 Å². The molecule has 0 radical (unpaired) electrons. The van der Waals surface area contributed by atoms with Gasteiger partial charge in [0, 0.05) is 0 Å². The molecular formula is C48H56F2N4O11. The zero-order valence-corrected chi connectivity index (χ0v) is 37.3. The molecule has 17 heteroatoms. The van der Waals surface area contributed by atoms with Gasteiger partial charge >= 0.3 is 30.1 Å². The van der Waals surface area contributed by atoms with Crippen LogP contribution in [0.2, 0.25) is 0 Å². The van der Waals surface area contributed by atoms with E-state index in [0.29, 0.717) is 17.7 Å². The summed E-state index contributed by atoms with van der Waals surface area (Å²) in [6, 6.07) is 29.6. The van der Waals surface area contributed by atoms with Crippen molar-refractivity contribution >= 4 is 36.0 Å². The van der Waals surface area contributed by atoms with Crippen molar-refractivity contribution < 1.29 is 61.6 Å². The van der Waals surface area contributed by atoms with Crippen molar-refractivity contribution in [3.63, 3.8) is 0 Å². The summed E-state index contributed by atoms with van der Waals surface area (Å²) < 4.78 is 47.0. The summed E-state index contributed by atoms with van der Waals surface area (Å²) in [5, 5.41) is 12.1. The van der Waals surface area contributed by atoms with Gasteiger partial charge in [-0.15, -0.1) is 0 Å². The van der Waals surface area contributed by atoms with Crippen LogP contribution in [0.1, 0.15) is 63.8 Å². The average molecular weight is 903 g/mol. The number of hydrogen-bond donors (Lipinski definition) is 2. The highest BCUT2D eigenvalue weighted by molar-refractivity contribution is 5.82. The topological polar surface area (TPSA) is 181 Å². The van der Waals surface area contributed by atoms with Crippen molar-refractivity contribution in [2.75, 3.05) is 26.2 Å². The van der Waals surface area contributed by atoms with Crippen LogP contribution >= 0.6 is 0 Å². The van der Waals surface area contributed by atoms with Crippen molar-refractivity contribution in [3.05, 3.63) is 143 Å². The number of carbonyl (C=O) groups is 6. The molecule has 0 aromatic heterocycles. The predicted octanol–water partition coefficient (Wildman–Crippen LogP) is 7.28. The second-order valence-corrected chi connectivity index (χ2v) is 17.2. The number of aliphatic carboxylic acids is 1. The van der Waals surface area contributed by atoms with Gasteiger partial charge in [0.05, 0.1) is 49.9 Å². The van der Waals surface area contributed by atoms with Crippen molar-refractivity contribution in [3.8, 4) is 0 Å². The van der Waals surface area contributed by atoms with Gasteiger partial charge < -0.3 is 24.1 Å². The van der Waals surface area contributed by atoms with Gasteiger partial charge in [-0.2, -0.15) is 0 Å². The molecule has 2 aliphatic heterocycles. The Bertz CT molecular complexity index is 2200. The standard InChI is InChI=1S/C24H27FN2O5.C16H22N2O4.C8H7FO2/c1-24(2,3)22(29)32-20-14-26(21(28)13-17-9-11-19(25)12-10-17)27(15-20)23(30)31-16-18-7-5-4-6-8-18;1-16(2,3)14(19)22-13-9-17-18(10-13)15(20)21-11-12-7-5-4-6-8-12;9-7-3-1-6(2-4-7)5-8(10)11/h4-12,20H,13-16H2,1-3H3;4-8,13,17H,9-11H2,1-3H3;1-4H,5H2,(H,10,11). The van der Waals surface area contributed by atoms with Gasteiger partial charge in [0.25, 0.3) is 0 Å². The lowest BCUT2D eigenvalue weighted by molar-refractivity contribution is -0.158. The lowest BCUT2D eigenvalue weighted by Crippen LogP contribution is -2.45. The number of halogens is 2. The fourth-order valence-electron chi connectivity index (χ4n) is 5.78. The molecule has 3 amide bonds. The molecule has 2 unspecified atom stereocenters. The monoisotopic (exact) mass is 902 g/mol. The van der Waals surface area contributed by atoms with Gasteiger partial charge in [-0.05, 0) is 88.1 Å². The third kappa shape index (κ3) is 17.3. The number of hydrogen-bond acceptors (Lipinski definition) is 11. The van der Waals surface area contributed by atoms with Gasteiger partial charge in [-0.1, -0.05) is 84.9 Å². The van der Waals surface area contributed by atoms with E-state index in [1.165, 1.54) is 58.5 Å². The van der Waals surface area contributed by atoms with Crippen LogP contribution in [0.15, 0.2) is 109 Å². The van der Waals surface area contributed by atoms with Crippen LogP contribution < -0.4 is 5.43 Å². The Balaban J connectivity index is 0.000000241. The van der Waals surface area contributed by atoms with E-state index in [1.807, 2.05) is 60.7 Å². The molecule has 0 aliphatic carbocycles. The number of nitrogens with zero attached hydrogens (tertiary/aromatic N) is 3. The minimum atomic E-state index is -0.906. The van der Waals surface area contributed by atoms with Crippen molar-refractivity contribution in [1.82, 2.24) is 20.5 Å². The molecular weight excluding hydrogens is 847 g/mol. The zero-order valence-electron chi connectivity index (χ0n) is 37.3. The summed E-state index contributed by atoms with van der Waals surface area (Å²) >= 11 is 0. The second-order valence-electron chi connectivity index (χ2n) is 17.2. The summed E-state index contributed by atoms with van der Waals surface area (Å²) in [7, 11) is 0. The normalized spacial score (nSPS) is 15.7. The molecule has 2 saturated heterocycles. The largest absolute Gasteiger partial charge is 0.481 e. The van der Waals surface area contributed by atoms with Crippen LogP contribution in [0.5, 0.6) is 0 Å². The number of benzene rings is 4. The highest BCUT2D eigenvalue weighted by Gasteiger charge is 2.41. The van der Waals surface area contributed by atoms with Crippen LogP contribution in [0.25, 0.3) is 0 Å². The van der Waals surface area contributed by atoms with Crippen LogP contribution in [-0.4, -0.2) is 94.5 Å². The van der Waals surface area contributed by atoms with E-state index in [-0.39, 0.29) is 69.5 Å². The van der Waals surface area contributed by atoms with E-state index in [1.54, 1.807) is 41.5 Å². The van der Waals surface area contributed by atoms with Gasteiger partial charge in [-0.3, -0.25) is 19.2 Å². The van der Waals surface area contributed by atoms with E-state index >= 15 is 0 Å². The molecule has 4 aromatic carbocycles. The summed E-state index contributed by atoms with van der Waals surface area (Å²) in [5.41, 5.74) is 4.55. The van der Waals surface area contributed by atoms with Crippen LogP contribution in [0.3, 0.4) is 0 Å². The first kappa shape index (κ1) is 50.8. The highest BCUT2D eigenvalue weighted by Crippen LogP contribution is 2.23. The van der Waals surface area contributed by atoms with Crippen molar-refractivity contribution in [1.29, 1.82) is 0 Å². The van der Waals surface area contributed by atoms with Crippen LogP contribution in [0.4, 0.5) is 18.4 Å². The molecule has 2 heterocycles. The Labute approximate surface area is 377 Å². The molecule has 2 atom stereocenters. The van der Waals surface area contributed by atoms with E-state index in [4.69, 9.17) is 24.1 Å². The molecule has 6 rings (SSSR count). The third-order valence-corrected chi connectivity index (χ3v) is 9.38. The fraction of sp³-hybridized carbons (Fsp3) is 0.375. The fourth-order valence-corrected chi connectivity index (χ4v) is 5.78. The molecule has 15 nitrogen and oxygen atoms in total. The lowest BCUT2D eigenvalue weighted by atomic mass is 9.97. The van der Waals surface area contributed by atoms with E-state index in [2.05, 4.69) is 5.43 Å². The molecule has 2 aliphatic rings. The number of ether oxygens (including phenoxy) is 4. The van der Waals surface area contributed by atoms with Gasteiger partial charge in [-0.25, -0.2) is 38.8 Å². The van der Waals surface area contributed by atoms with Crippen LogP contribution in [-0.2, 0) is 64.2 Å². The Morgan fingerprint density at radius 3 is 1.46 bits per heavy atom. The maximum Gasteiger partial charge on any atom is 0.429 e. The first-order chi connectivity index (χ1) is 30.7. The number of nitrogens with one attached hydrogen (secondary N) is 1. The number of rotatable bonds is 10. The SMILES string of the molecule is CC(C)(C)C(=O)OC1CN(C(=O)Cc2ccc(F)cc2)N(C(=O)OCc2ccccc2)C1.CC(C)(C)C(=O)OC1CNN(C(=O)OCc2ccccc2)C1.O=C(O)Cc1ccc(F)cc1. The number of esters is 2. The minimum absolute atomic E-state index is 0.00456. The molecule has 0 saturated carbocycles. The Morgan fingerprint density at radius 2 is 1.00 bits per heavy atom. The third-order valence-electron chi connectivity index (χ3n) is 9.38. The quantitative estimate of drug-likeness (QED) is 0.120. The van der Waals surface area contributed by atoms with Crippen LogP contribution in [0, 0.1) is 22.5 Å². The van der Waals surface area contributed by atoms with Gasteiger partial charge in [0.2, 0.25) is 5.91 Å². The highest BCUT2D eigenvalue weighted by atomic mass is 19.1. The molecule has 4 aromatic rings. The first-order valence-electron chi connectivity index (χ1n) is 20.8. The van der Waals surface area contributed by atoms with Crippen molar-refractivity contribution in [2.24, 2.45) is 10.8 Å². The first-order valence-corrected chi connectivity index (χ1v) is 20.8. The smallest absolute Gasteiger partial charge is 0.429 e. The van der Waals surface area contributed by atoms with E-state index < -0.39 is 46.9 Å². The lowest BCUT2D eigenvalue weighted by Gasteiger charge is -2.26. The van der Waals surface area contributed by atoms with E-state index in [9.17, 15) is 37.5 Å². The summed E-state index contributed by atoms with van der Waals surface area (Å²) in [6.45, 7) is 11.6. The minimum Gasteiger partial charge on any atom is -0.481 e. The molecule has 0 bridgehead atoms. The second kappa shape index (κ2) is 23.7. The molecule has 0 spiro atoms. The molecule has 65 heavy (non-hydrogen) atoms. The summed E-state index contributed by atoms with van der Waals surface area (Å²) in [4.78, 5) is 72.0. The maximum absolute atomic E-state index is 13.2. The molecule has 348 valence electrons. The number of amides is 3. The van der Waals surface area contributed by atoms with E-state index in [0.717, 1.165) is 16.1 Å². The van der Waals surface area contributed by atoms with Gasteiger partial charge in [0.1, 0.15) is 37.1 Å².